The molecule has 2 amide bonds. The number of hydrogen-bond acceptors (Lipinski definition) is 9. The highest BCUT2D eigenvalue weighted by Crippen LogP contribution is 2.24. The summed E-state index contributed by atoms with van der Waals surface area (Å²) in [6, 6.07) is 0.482. The number of nitrogens with one attached hydrogen (secondary N) is 1. The number of likely N-dealkylation sites (tertiary alicyclic amines) is 3. The van der Waals surface area contributed by atoms with Crippen molar-refractivity contribution in [3.8, 4) is 0 Å². The first-order chi connectivity index (χ1) is 19.7. The molecule has 4 heterocycles. The first-order valence-electron chi connectivity index (χ1n) is 14.9. The third-order valence-corrected chi connectivity index (χ3v) is 7.92. The highest BCUT2D eigenvalue weighted by atomic mass is 16.6. The van der Waals surface area contributed by atoms with Gasteiger partial charge in [-0.05, 0) is 78.6 Å². The van der Waals surface area contributed by atoms with Gasteiger partial charge < -0.3 is 39.7 Å². The summed E-state index contributed by atoms with van der Waals surface area (Å²) in [6.45, 7) is 10.3. The summed E-state index contributed by atoms with van der Waals surface area (Å²) in [6.07, 6.45) is 5.40. The minimum Gasteiger partial charge on any atom is -0.481 e. The number of carbonyl (C=O) groups is 5. The predicted octanol–water partition coefficient (Wildman–Crippen LogP) is 2.28. The monoisotopic (exact) mass is 584 g/mol. The maximum atomic E-state index is 11.6. The summed E-state index contributed by atoms with van der Waals surface area (Å²) in [4.78, 5) is 60.5. The van der Waals surface area contributed by atoms with Gasteiger partial charge in [-0.2, -0.15) is 0 Å². The fourth-order valence-electron chi connectivity index (χ4n) is 5.36. The van der Waals surface area contributed by atoms with E-state index in [1.807, 2.05) is 6.92 Å². The number of aliphatic carboxylic acids is 2. The van der Waals surface area contributed by atoms with E-state index in [0.29, 0.717) is 45.2 Å². The van der Waals surface area contributed by atoms with Crippen LogP contribution in [0.3, 0.4) is 0 Å². The summed E-state index contributed by atoms with van der Waals surface area (Å²) in [5, 5.41) is 20.6. The molecule has 4 fully saturated rings. The van der Waals surface area contributed by atoms with Crippen LogP contribution in [0.2, 0.25) is 0 Å². The third-order valence-electron chi connectivity index (χ3n) is 7.92. The van der Waals surface area contributed by atoms with Crippen LogP contribution in [0.15, 0.2) is 0 Å². The largest absolute Gasteiger partial charge is 0.481 e. The number of carboxylic acid groups (broad SMARTS) is 2. The van der Waals surface area contributed by atoms with Gasteiger partial charge in [-0.15, -0.1) is 0 Å². The zero-order valence-corrected chi connectivity index (χ0v) is 24.6. The Morgan fingerprint density at radius 3 is 1.56 bits per heavy atom. The van der Waals surface area contributed by atoms with Crippen molar-refractivity contribution in [1.29, 1.82) is 0 Å². The summed E-state index contributed by atoms with van der Waals surface area (Å²) in [5.74, 6) is -1.34. The second kappa shape index (κ2) is 18.5. The Morgan fingerprint density at radius 1 is 0.707 bits per heavy atom. The molecule has 0 unspecified atom stereocenters. The van der Waals surface area contributed by atoms with E-state index in [0.717, 1.165) is 77.8 Å². The Bertz CT molecular complexity index is 840. The molecule has 4 saturated heterocycles. The number of piperidine rings is 4. The molecule has 4 aliphatic rings. The normalized spacial score (nSPS) is 21.1. The number of carboxylic acids is 2. The molecule has 0 aromatic carbocycles. The summed E-state index contributed by atoms with van der Waals surface area (Å²) < 4.78 is 9.80. The Balaban J connectivity index is 0.000000237. The zero-order valence-electron chi connectivity index (χ0n) is 24.6. The molecule has 4 aliphatic heterocycles. The minimum absolute atomic E-state index is 0.0914. The van der Waals surface area contributed by atoms with Crippen LogP contribution in [-0.2, 0) is 23.9 Å². The molecule has 0 spiro atoms. The van der Waals surface area contributed by atoms with Gasteiger partial charge in [0.25, 0.3) is 0 Å². The molecular formula is C28H48N4O9. The van der Waals surface area contributed by atoms with Crippen LogP contribution in [0.4, 0.5) is 9.59 Å². The lowest BCUT2D eigenvalue weighted by Crippen LogP contribution is -2.49. The third kappa shape index (κ3) is 12.2. The van der Waals surface area contributed by atoms with Gasteiger partial charge in [-0.1, -0.05) is 0 Å². The number of carbonyl (C=O) groups excluding carboxylic acids is 3. The van der Waals surface area contributed by atoms with Crippen molar-refractivity contribution in [2.24, 2.45) is 11.8 Å². The molecule has 4 rings (SSSR count). The van der Waals surface area contributed by atoms with Gasteiger partial charge in [0.15, 0.2) is 0 Å². The lowest BCUT2D eigenvalue weighted by Gasteiger charge is -2.40. The topological polar surface area (TPSA) is 166 Å². The number of amides is 2. The zero-order chi connectivity index (χ0) is 30.2. The first-order valence-corrected chi connectivity index (χ1v) is 14.9. The maximum absolute atomic E-state index is 11.6. The first kappa shape index (κ1) is 34.3. The minimum atomic E-state index is -0.665. The van der Waals surface area contributed by atoms with Gasteiger partial charge in [-0.3, -0.25) is 14.4 Å². The number of ketones is 1. The number of ether oxygens (including phenoxy) is 2. The van der Waals surface area contributed by atoms with E-state index in [-0.39, 0.29) is 29.8 Å². The van der Waals surface area contributed by atoms with Crippen molar-refractivity contribution >= 4 is 29.9 Å². The van der Waals surface area contributed by atoms with E-state index in [1.54, 1.807) is 16.7 Å². The average molecular weight is 585 g/mol. The number of nitrogens with zero attached hydrogens (tertiary/aromatic N) is 3. The van der Waals surface area contributed by atoms with E-state index >= 15 is 0 Å². The quantitative estimate of drug-likeness (QED) is 0.434. The standard InChI is InChI=1S/C14H24N2O4.C8H13NO3.C6H11NO2/c1-2-20-14(19)16-9-5-12(6-10-16)15-7-3-11(4-8-15)13(17)18;1-2-12-8(11)9-5-3-7(10)4-6-9;8-6(9)5-1-3-7-4-2-5/h11-12H,2-10H2,1H3,(H,17,18);2-6H2,1H3;5,7H,1-4H2,(H,8,9). The second-order valence-corrected chi connectivity index (χ2v) is 10.7. The van der Waals surface area contributed by atoms with E-state index in [1.165, 1.54) is 0 Å². The fourth-order valence-corrected chi connectivity index (χ4v) is 5.36. The van der Waals surface area contributed by atoms with Crippen LogP contribution in [0.25, 0.3) is 0 Å². The summed E-state index contributed by atoms with van der Waals surface area (Å²) in [5.41, 5.74) is 0. The Labute approximate surface area is 242 Å². The molecular weight excluding hydrogens is 536 g/mol. The molecule has 0 radical (unpaired) electrons. The Hall–Kier alpha value is -2.93. The van der Waals surface area contributed by atoms with Crippen molar-refractivity contribution in [2.75, 3.05) is 65.6 Å². The Kier molecular flexibility index (Phi) is 15.5. The van der Waals surface area contributed by atoms with Crippen LogP contribution < -0.4 is 5.32 Å². The van der Waals surface area contributed by atoms with Crippen molar-refractivity contribution in [3.05, 3.63) is 0 Å². The van der Waals surface area contributed by atoms with E-state index < -0.39 is 11.9 Å². The molecule has 234 valence electrons. The summed E-state index contributed by atoms with van der Waals surface area (Å²) >= 11 is 0. The SMILES string of the molecule is CCOC(=O)N1CCC(=O)CC1.CCOC(=O)N1CCC(N2CCC(C(=O)O)CC2)CC1.O=C(O)C1CCNCC1. The molecule has 0 atom stereocenters. The highest BCUT2D eigenvalue weighted by molar-refractivity contribution is 5.81. The van der Waals surface area contributed by atoms with Crippen LogP contribution in [0.1, 0.15) is 65.2 Å². The smallest absolute Gasteiger partial charge is 0.409 e. The van der Waals surface area contributed by atoms with Crippen LogP contribution in [-0.4, -0.2) is 126 Å². The van der Waals surface area contributed by atoms with Gasteiger partial charge in [-0.25, -0.2) is 9.59 Å². The lowest BCUT2D eigenvalue weighted by molar-refractivity contribution is -0.144. The van der Waals surface area contributed by atoms with E-state index in [4.69, 9.17) is 19.7 Å². The van der Waals surface area contributed by atoms with Gasteiger partial charge in [0.05, 0.1) is 25.0 Å². The molecule has 3 N–H and O–H groups in total. The maximum Gasteiger partial charge on any atom is 0.409 e. The number of Topliss-reactive ketones (excluding diaryl/α,β-unsaturated/α-hetero) is 1. The highest BCUT2D eigenvalue weighted by Gasteiger charge is 2.31. The van der Waals surface area contributed by atoms with E-state index in [9.17, 15) is 24.0 Å². The molecule has 41 heavy (non-hydrogen) atoms. The molecule has 0 aromatic heterocycles. The van der Waals surface area contributed by atoms with Gasteiger partial charge in [0.2, 0.25) is 0 Å². The molecule has 0 aliphatic carbocycles. The van der Waals surface area contributed by atoms with Crippen molar-refractivity contribution < 1.29 is 43.7 Å². The van der Waals surface area contributed by atoms with Crippen molar-refractivity contribution in [3.63, 3.8) is 0 Å². The molecule has 0 bridgehead atoms. The van der Waals surface area contributed by atoms with E-state index in [2.05, 4.69) is 10.2 Å². The number of hydrogen-bond donors (Lipinski definition) is 3. The van der Waals surface area contributed by atoms with Crippen molar-refractivity contribution in [1.82, 2.24) is 20.0 Å². The van der Waals surface area contributed by atoms with Gasteiger partial charge in [0.1, 0.15) is 5.78 Å². The fraction of sp³-hybridized carbons (Fsp3) is 0.821. The second-order valence-electron chi connectivity index (χ2n) is 10.7. The molecule has 0 aromatic rings. The van der Waals surface area contributed by atoms with Crippen LogP contribution >= 0.6 is 0 Å². The van der Waals surface area contributed by atoms with Gasteiger partial charge >= 0.3 is 24.1 Å². The average Bonchev–Trinajstić information content (AvgIpc) is 2.99. The molecule has 0 saturated carbocycles. The molecule has 13 heteroatoms. The lowest BCUT2D eigenvalue weighted by atomic mass is 9.94. The Morgan fingerprint density at radius 2 is 1.15 bits per heavy atom. The number of rotatable bonds is 5. The van der Waals surface area contributed by atoms with Crippen LogP contribution in [0.5, 0.6) is 0 Å². The predicted molar refractivity (Wildman–Crippen MR) is 150 cm³/mol. The van der Waals surface area contributed by atoms with Gasteiger partial charge in [0, 0.05) is 45.1 Å². The van der Waals surface area contributed by atoms with Crippen molar-refractivity contribution in [2.45, 2.75) is 71.3 Å². The molecule has 13 nitrogen and oxygen atoms in total. The van der Waals surface area contributed by atoms with Crippen LogP contribution in [0, 0.1) is 11.8 Å². The summed E-state index contributed by atoms with van der Waals surface area (Å²) in [7, 11) is 0.